The van der Waals surface area contributed by atoms with E-state index in [2.05, 4.69) is 9.97 Å². The number of nitrogens with zero attached hydrogens (tertiary/aromatic N) is 3. The summed E-state index contributed by atoms with van der Waals surface area (Å²) in [7, 11) is 0. The van der Waals surface area contributed by atoms with E-state index in [0.717, 1.165) is 11.0 Å². The standard InChI is InChI=1S/C26H20N4O7/c1-2-37-20-13-14(10-11-19(20)31)22-21(23(32)15-6-5-7-16(12-15)30(35)36)24(33)25(34)29(22)26-27-17-8-3-4-9-18(17)28-26/h3-13,22,31-32H,2H2,1H3,(H,27,28)/b23-21+. The van der Waals surface area contributed by atoms with Gasteiger partial charge in [0.25, 0.3) is 11.5 Å². The first-order valence-corrected chi connectivity index (χ1v) is 11.3. The fourth-order valence-corrected chi connectivity index (χ4v) is 4.31. The molecule has 0 aliphatic carbocycles. The van der Waals surface area contributed by atoms with Crippen LogP contribution in [0.3, 0.4) is 0 Å². The lowest BCUT2D eigenvalue weighted by atomic mass is 9.95. The molecule has 0 bridgehead atoms. The van der Waals surface area contributed by atoms with Crippen molar-refractivity contribution >= 4 is 40.1 Å². The number of carbonyl (C=O) groups excluding carboxylic acids is 2. The molecular weight excluding hydrogens is 480 g/mol. The van der Waals surface area contributed by atoms with Crippen molar-refractivity contribution in [3.8, 4) is 11.5 Å². The molecular formula is C26H20N4O7. The molecule has 1 fully saturated rings. The Bertz CT molecular complexity index is 1570. The molecule has 5 rings (SSSR count). The normalized spacial score (nSPS) is 16.9. The van der Waals surface area contributed by atoms with Crippen LogP contribution >= 0.6 is 0 Å². The average Bonchev–Trinajstić information content (AvgIpc) is 3.43. The fourth-order valence-electron chi connectivity index (χ4n) is 4.31. The van der Waals surface area contributed by atoms with Crippen molar-refractivity contribution in [2.24, 2.45) is 0 Å². The number of aliphatic hydroxyl groups is 1. The molecule has 1 saturated heterocycles. The molecule has 186 valence electrons. The molecule has 37 heavy (non-hydrogen) atoms. The maximum atomic E-state index is 13.3. The lowest BCUT2D eigenvalue weighted by Gasteiger charge is -2.23. The number of Topliss-reactive ketones (excluding diaryl/α,β-unsaturated/α-hetero) is 1. The third-order valence-corrected chi connectivity index (χ3v) is 5.98. The molecule has 0 radical (unpaired) electrons. The van der Waals surface area contributed by atoms with E-state index >= 15 is 0 Å². The number of fused-ring (bicyclic) bond motifs is 1. The molecule has 0 spiro atoms. The number of phenols is 1. The smallest absolute Gasteiger partial charge is 0.302 e. The summed E-state index contributed by atoms with van der Waals surface area (Å²) in [5.74, 6) is -2.51. The number of rotatable bonds is 6. The summed E-state index contributed by atoms with van der Waals surface area (Å²) < 4.78 is 5.49. The van der Waals surface area contributed by atoms with Crippen molar-refractivity contribution < 1.29 is 29.5 Å². The summed E-state index contributed by atoms with van der Waals surface area (Å²) in [6, 6.07) is 15.3. The van der Waals surface area contributed by atoms with Crippen molar-refractivity contribution in [3.63, 3.8) is 0 Å². The lowest BCUT2D eigenvalue weighted by molar-refractivity contribution is -0.384. The average molecular weight is 500 g/mol. The molecule has 2 heterocycles. The zero-order valence-electron chi connectivity index (χ0n) is 19.4. The van der Waals surface area contributed by atoms with Crippen LogP contribution in [0.5, 0.6) is 11.5 Å². The van der Waals surface area contributed by atoms with E-state index < -0.39 is 28.4 Å². The third kappa shape index (κ3) is 4.01. The number of aromatic nitrogens is 2. The molecule has 1 aromatic heterocycles. The number of ether oxygens (including phenoxy) is 1. The van der Waals surface area contributed by atoms with Gasteiger partial charge in [-0.1, -0.05) is 30.3 Å². The Balaban J connectivity index is 1.75. The molecule has 1 aliphatic heterocycles. The molecule has 1 unspecified atom stereocenters. The number of carbonyl (C=O) groups is 2. The second-order valence-electron chi connectivity index (χ2n) is 8.21. The Morgan fingerprint density at radius 2 is 1.92 bits per heavy atom. The number of hydrogen-bond acceptors (Lipinski definition) is 8. The van der Waals surface area contributed by atoms with E-state index in [-0.39, 0.29) is 40.9 Å². The summed E-state index contributed by atoms with van der Waals surface area (Å²) in [6.07, 6.45) is 0. The first kappa shape index (κ1) is 23.5. The maximum Gasteiger partial charge on any atom is 0.302 e. The molecule has 11 nitrogen and oxygen atoms in total. The second-order valence-corrected chi connectivity index (χ2v) is 8.21. The summed E-state index contributed by atoms with van der Waals surface area (Å²) in [4.78, 5) is 45.9. The van der Waals surface area contributed by atoms with Gasteiger partial charge in [-0.25, -0.2) is 4.98 Å². The number of imidazole rings is 1. The molecule has 1 atom stereocenters. The van der Waals surface area contributed by atoms with E-state index in [1.165, 1.54) is 36.4 Å². The van der Waals surface area contributed by atoms with E-state index in [9.17, 15) is 29.9 Å². The number of nitro groups is 1. The summed E-state index contributed by atoms with van der Waals surface area (Å²) in [5, 5.41) is 32.7. The van der Waals surface area contributed by atoms with Gasteiger partial charge in [0.05, 0.1) is 34.2 Å². The van der Waals surface area contributed by atoms with Crippen LogP contribution in [0.4, 0.5) is 11.6 Å². The molecule has 4 aromatic rings. The number of para-hydroxylation sites is 2. The highest BCUT2D eigenvalue weighted by Crippen LogP contribution is 2.43. The first-order chi connectivity index (χ1) is 17.8. The number of benzene rings is 3. The van der Waals surface area contributed by atoms with E-state index in [1.54, 1.807) is 31.2 Å². The number of nitro benzene ring substituents is 1. The number of aromatic amines is 1. The molecule has 1 aliphatic rings. The van der Waals surface area contributed by atoms with Gasteiger partial charge in [0, 0.05) is 17.7 Å². The number of amides is 1. The van der Waals surface area contributed by atoms with Crippen molar-refractivity contribution in [3.05, 3.63) is 93.5 Å². The fraction of sp³-hybridized carbons (Fsp3) is 0.115. The summed E-state index contributed by atoms with van der Waals surface area (Å²) in [6.45, 7) is 1.98. The van der Waals surface area contributed by atoms with Crippen LogP contribution in [0.2, 0.25) is 0 Å². The quantitative estimate of drug-likeness (QED) is 0.117. The van der Waals surface area contributed by atoms with Gasteiger partial charge in [0.2, 0.25) is 5.95 Å². The number of hydrogen-bond donors (Lipinski definition) is 3. The third-order valence-electron chi connectivity index (χ3n) is 5.98. The van der Waals surface area contributed by atoms with E-state index in [1.807, 2.05) is 0 Å². The van der Waals surface area contributed by atoms with E-state index in [4.69, 9.17) is 4.74 Å². The Hall–Kier alpha value is -5.19. The van der Waals surface area contributed by atoms with Gasteiger partial charge in [-0.15, -0.1) is 0 Å². The zero-order valence-corrected chi connectivity index (χ0v) is 19.4. The van der Waals surface area contributed by atoms with Gasteiger partial charge in [0.15, 0.2) is 11.5 Å². The van der Waals surface area contributed by atoms with Crippen LogP contribution in [0, 0.1) is 10.1 Å². The molecule has 11 heteroatoms. The number of nitrogens with one attached hydrogen (secondary N) is 1. The van der Waals surface area contributed by atoms with Gasteiger partial charge in [-0.05, 0) is 36.8 Å². The first-order valence-electron chi connectivity index (χ1n) is 11.3. The number of non-ortho nitro benzene ring substituents is 1. The number of ketones is 1. The maximum absolute atomic E-state index is 13.3. The van der Waals surface area contributed by atoms with Crippen molar-refractivity contribution in [1.29, 1.82) is 0 Å². The topological polar surface area (TPSA) is 159 Å². The van der Waals surface area contributed by atoms with E-state index in [0.29, 0.717) is 16.6 Å². The van der Waals surface area contributed by atoms with Crippen molar-refractivity contribution in [1.82, 2.24) is 9.97 Å². The Kier molecular flexibility index (Phi) is 5.80. The minimum absolute atomic E-state index is 0.00869. The Labute approximate surface area is 209 Å². The Morgan fingerprint density at radius 3 is 2.65 bits per heavy atom. The lowest BCUT2D eigenvalue weighted by Crippen LogP contribution is -2.30. The van der Waals surface area contributed by atoms with Gasteiger partial charge in [-0.3, -0.25) is 24.6 Å². The van der Waals surface area contributed by atoms with Gasteiger partial charge in [-0.2, -0.15) is 0 Å². The van der Waals surface area contributed by atoms with Crippen molar-refractivity contribution in [2.75, 3.05) is 11.5 Å². The minimum atomic E-state index is -1.18. The van der Waals surface area contributed by atoms with Gasteiger partial charge >= 0.3 is 5.91 Å². The highest BCUT2D eigenvalue weighted by atomic mass is 16.6. The van der Waals surface area contributed by atoms with Crippen LogP contribution < -0.4 is 9.64 Å². The molecule has 3 aromatic carbocycles. The molecule has 3 N–H and O–H groups in total. The summed E-state index contributed by atoms with van der Waals surface area (Å²) in [5.41, 5.74) is 0.920. The zero-order chi connectivity index (χ0) is 26.3. The Morgan fingerprint density at radius 1 is 1.14 bits per heavy atom. The number of aliphatic hydroxyl groups excluding tert-OH is 1. The van der Waals surface area contributed by atoms with Crippen LogP contribution in [0.25, 0.3) is 16.8 Å². The predicted octanol–water partition coefficient (Wildman–Crippen LogP) is 4.20. The van der Waals surface area contributed by atoms with Crippen LogP contribution in [0.1, 0.15) is 24.1 Å². The van der Waals surface area contributed by atoms with Gasteiger partial charge < -0.3 is 19.9 Å². The number of aromatic hydroxyl groups is 1. The molecule has 1 amide bonds. The number of phenolic OH excluding ortho intramolecular Hbond substituents is 1. The predicted molar refractivity (Wildman–Crippen MR) is 133 cm³/mol. The second kappa shape index (κ2) is 9.11. The van der Waals surface area contributed by atoms with Crippen molar-refractivity contribution in [2.45, 2.75) is 13.0 Å². The van der Waals surface area contributed by atoms with Crippen LogP contribution in [-0.4, -0.2) is 43.4 Å². The highest BCUT2D eigenvalue weighted by Gasteiger charge is 2.48. The van der Waals surface area contributed by atoms with Gasteiger partial charge in [0.1, 0.15) is 5.76 Å². The largest absolute Gasteiger partial charge is 0.507 e. The highest BCUT2D eigenvalue weighted by molar-refractivity contribution is 6.51. The number of H-pyrrole nitrogens is 1. The molecule has 0 saturated carbocycles. The van der Waals surface area contributed by atoms with Crippen LogP contribution in [-0.2, 0) is 9.59 Å². The number of anilines is 1. The monoisotopic (exact) mass is 500 g/mol. The minimum Gasteiger partial charge on any atom is -0.507 e. The summed E-state index contributed by atoms with van der Waals surface area (Å²) >= 11 is 0. The SMILES string of the molecule is CCOc1cc(C2/C(=C(\O)c3cccc([N+](=O)[O-])c3)C(=O)C(=O)N2c2nc3ccccc3[nH]2)ccc1O. The van der Waals surface area contributed by atoms with Crippen LogP contribution in [0.15, 0.2) is 72.3 Å².